The predicted octanol–water partition coefficient (Wildman–Crippen LogP) is 1.48. The second-order valence-electron chi connectivity index (χ2n) is 4.42. The maximum Gasteiger partial charge on any atom is 0.0602 e. The molecule has 0 aliphatic carbocycles. The zero-order valence-electron chi connectivity index (χ0n) is 10.4. The Hall–Kier alpha value is -1.06. The average Bonchev–Trinajstić information content (AvgIpc) is 2.28. The fourth-order valence-corrected chi connectivity index (χ4v) is 1.75. The van der Waals surface area contributed by atoms with E-state index in [1.54, 1.807) is 0 Å². The van der Waals surface area contributed by atoms with Gasteiger partial charge in [-0.05, 0) is 12.1 Å². The van der Waals surface area contributed by atoms with Crippen molar-refractivity contribution in [3.05, 3.63) is 30.3 Å². The van der Waals surface area contributed by atoms with E-state index in [1.165, 1.54) is 5.69 Å². The van der Waals surface area contributed by atoms with E-state index in [2.05, 4.69) is 36.2 Å². The van der Waals surface area contributed by atoms with Crippen LogP contribution in [-0.4, -0.2) is 37.4 Å². The zero-order valence-corrected chi connectivity index (χ0v) is 10.4. The molecule has 1 atom stereocenters. The monoisotopic (exact) mass is 222 g/mol. The van der Waals surface area contributed by atoms with Crippen molar-refractivity contribution in [2.45, 2.75) is 25.9 Å². The normalized spacial score (nSPS) is 12.8. The van der Waals surface area contributed by atoms with Gasteiger partial charge in [-0.2, -0.15) is 0 Å². The molecule has 3 nitrogen and oxygen atoms in total. The van der Waals surface area contributed by atoms with Crippen LogP contribution in [-0.2, 0) is 0 Å². The van der Waals surface area contributed by atoms with Gasteiger partial charge in [-0.1, -0.05) is 32.0 Å². The lowest BCUT2D eigenvalue weighted by Gasteiger charge is -2.26. The average molecular weight is 222 g/mol. The number of rotatable bonds is 6. The molecule has 0 radical (unpaired) electrons. The summed E-state index contributed by atoms with van der Waals surface area (Å²) in [6.07, 6.45) is 0. The van der Waals surface area contributed by atoms with E-state index in [0.29, 0.717) is 6.04 Å². The highest BCUT2D eigenvalue weighted by Gasteiger charge is 2.11. The summed E-state index contributed by atoms with van der Waals surface area (Å²) in [7, 11) is 2.04. The molecule has 0 spiro atoms. The van der Waals surface area contributed by atoms with Gasteiger partial charge in [0.05, 0.1) is 6.61 Å². The first kappa shape index (κ1) is 13.0. The molecule has 0 heterocycles. The van der Waals surface area contributed by atoms with Gasteiger partial charge < -0.3 is 15.3 Å². The van der Waals surface area contributed by atoms with Crippen molar-refractivity contribution in [1.82, 2.24) is 5.32 Å². The molecule has 0 aromatic heterocycles. The highest BCUT2D eigenvalue weighted by atomic mass is 16.3. The molecule has 0 fully saturated rings. The van der Waals surface area contributed by atoms with Crippen LogP contribution in [0.15, 0.2) is 30.3 Å². The molecule has 3 heteroatoms. The fraction of sp³-hybridized carbons (Fsp3) is 0.538. The molecule has 1 unspecified atom stereocenters. The quantitative estimate of drug-likeness (QED) is 0.765. The second kappa shape index (κ2) is 6.51. The number of aliphatic hydroxyl groups is 1. The number of likely N-dealkylation sites (N-methyl/N-ethyl adjacent to an activating group) is 1. The number of para-hydroxylation sites is 1. The SMILES string of the molecule is CC(C)NC(CO)CN(C)c1ccccc1. The third-order valence-electron chi connectivity index (χ3n) is 2.48. The molecule has 0 aliphatic rings. The molecule has 90 valence electrons. The number of nitrogens with zero attached hydrogens (tertiary/aromatic N) is 1. The number of hydrogen-bond acceptors (Lipinski definition) is 3. The van der Waals surface area contributed by atoms with E-state index < -0.39 is 0 Å². The van der Waals surface area contributed by atoms with Gasteiger partial charge in [-0.15, -0.1) is 0 Å². The largest absolute Gasteiger partial charge is 0.395 e. The summed E-state index contributed by atoms with van der Waals surface area (Å²) in [5, 5.41) is 12.6. The Kier molecular flexibility index (Phi) is 5.29. The zero-order chi connectivity index (χ0) is 12.0. The van der Waals surface area contributed by atoms with Gasteiger partial charge in [0.25, 0.3) is 0 Å². The van der Waals surface area contributed by atoms with Crippen LogP contribution in [0, 0.1) is 0 Å². The van der Waals surface area contributed by atoms with Crippen LogP contribution in [0.3, 0.4) is 0 Å². The van der Waals surface area contributed by atoms with E-state index in [1.807, 2.05) is 25.2 Å². The number of anilines is 1. The number of nitrogens with one attached hydrogen (secondary N) is 1. The summed E-state index contributed by atoms with van der Waals surface area (Å²) < 4.78 is 0. The van der Waals surface area contributed by atoms with Crippen molar-refractivity contribution in [2.24, 2.45) is 0 Å². The maximum atomic E-state index is 9.28. The first-order valence-corrected chi connectivity index (χ1v) is 5.76. The van der Waals surface area contributed by atoms with Gasteiger partial charge in [0.1, 0.15) is 0 Å². The molecule has 0 bridgehead atoms. The van der Waals surface area contributed by atoms with E-state index in [0.717, 1.165) is 6.54 Å². The predicted molar refractivity (Wildman–Crippen MR) is 68.9 cm³/mol. The molecular formula is C13H22N2O. The summed E-state index contributed by atoms with van der Waals surface area (Å²) in [4.78, 5) is 2.15. The van der Waals surface area contributed by atoms with Gasteiger partial charge in [0.2, 0.25) is 0 Å². The molecule has 1 aromatic carbocycles. The van der Waals surface area contributed by atoms with Gasteiger partial charge in [-0.3, -0.25) is 0 Å². The molecule has 0 saturated carbocycles. The van der Waals surface area contributed by atoms with Crippen molar-refractivity contribution in [1.29, 1.82) is 0 Å². The smallest absolute Gasteiger partial charge is 0.0602 e. The van der Waals surface area contributed by atoms with Crippen LogP contribution < -0.4 is 10.2 Å². The van der Waals surface area contributed by atoms with Gasteiger partial charge in [-0.25, -0.2) is 0 Å². The number of benzene rings is 1. The topological polar surface area (TPSA) is 35.5 Å². The minimum absolute atomic E-state index is 0.116. The Balaban J connectivity index is 2.52. The van der Waals surface area contributed by atoms with Crippen molar-refractivity contribution >= 4 is 5.69 Å². The summed E-state index contributed by atoms with van der Waals surface area (Å²) in [6, 6.07) is 10.7. The number of hydrogen-bond donors (Lipinski definition) is 2. The van der Waals surface area contributed by atoms with Gasteiger partial charge in [0.15, 0.2) is 0 Å². The van der Waals surface area contributed by atoms with Crippen LogP contribution in [0.2, 0.25) is 0 Å². The van der Waals surface area contributed by atoms with E-state index in [4.69, 9.17) is 0 Å². The Morgan fingerprint density at radius 1 is 1.25 bits per heavy atom. The highest BCUT2D eigenvalue weighted by Crippen LogP contribution is 2.11. The summed E-state index contributed by atoms with van der Waals surface area (Å²) >= 11 is 0. The van der Waals surface area contributed by atoms with Crippen LogP contribution >= 0.6 is 0 Å². The highest BCUT2D eigenvalue weighted by molar-refractivity contribution is 5.45. The Morgan fingerprint density at radius 2 is 1.88 bits per heavy atom. The van der Waals surface area contributed by atoms with Crippen molar-refractivity contribution in [2.75, 3.05) is 25.1 Å². The van der Waals surface area contributed by atoms with Crippen LogP contribution in [0.4, 0.5) is 5.69 Å². The lowest BCUT2D eigenvalue weighted by molar-refractivity contribution is 0.237. The van der Waals surface area contributed by atoms with Crippen molar-refractivity contribution in [3.63, 3.8) is 0 Å². The summed E-state index contributed by atoms with van der Waals surface area (Å²) in [5.41, 5.74) is 1.17. The molecule has 0 aliphatic heterocycles. The Morgan fingerprint density at radius 3 is 2.38 bits per heavy atom. The van der Waals surface area contributed by atoms with E-state index in [9.17, 15) is 5.11 Å². The van der Waals surface area contributed by atoms with Gasteiger partial charge >= 0.3 is 0 Å². The van der Waals surface area contributed by atoms with Crippen LogP contribution in [0.25, 0.3) is 0 Å². The first-order valence-electron chi connectivity index (χ1n) is 5.76. The lowest BCUT2D eigenvalue weighted by atomic mass is 10.2. The minimum Gasteiger partial charge on any atom is -0.395 e. The molecule has 16 heavy (non-hydrogen) atoms. The Bertz CT molecular complexity index is 287. The molecule has 0 amide bonds. The lowest BCUT2D eigenvalue weighted by Crippen LogP contribution is -2.45. The maximum absolute atomic E-state index is 9.28. The molecule has 1 rings (SSSR count). The molecule has 2 N–H and O–H groups in total. The van der Waals surface area contributed by atoms with Crippen molar-refractivity contribution < 1.29 is 5.11 Å². The third kappa shape index (κ3) is 4.21. The minimum atomic E-state index is 0.116. The second-order valence-corrected chi connectivity index (χ2v) is 4.42. The van der Waals surface area contributed by atoms with Crippen LogP contribution in [0.1, 0.15) is 13.8 Å². The fourth-order valence-electron chi connectivity index (χ4n) is 1.75. The third-order valence-corrected chi connectivity index (χ3v) is 2.48. The van der Waals surface area contributed by atoms with Gasteiger partial charge in [0, 0.05) is 31.4 Å². The molecule has 1 aromatic rings. The first-order chi connectivity index (χ1) is 7.63. The molecule has 0 saturated heterocycles. The molecular weight excluding hydrogens is 200 g/mol. The van der Waals surface area contributed by atoms with E-state index >= 15 is 0 Å². The van der Waals surface area contributed by atoms with E-state index in [-0.39, 0.29) is 12.6 Å². The number of aliphatic hydroxyl groups excluding tert-OH is 1. The summed E-state index contributed by atoms with van der Waals surface area (Å²) in [6.45, 7) is 5.14. The van der Waals surface area contributed by atoms with Crippen molar-refractivity contribution in [3.8, 4) is 0 Å². The standard InChI is InChI=1S/C13H22N2O/c1-11(2)14-12(10-16)9-15(3)13-7-5-4-6-8-13/h4-8,11-12,14,16H,9-10H2,1-3H3. The Labute approximate surface area is 98.1 Å². The van der Waals surface area contributed by atoms with Crippen LogP contribution in [0.5, 0.6) is 0 Å². The summed E-state index contributed by atoms with van der Waals surface area (Å²) in [5.74, 6) is 0.